The maximum absolute atomic E-state index is 11.5. The van der Waals surface area contributed by atoms with E-state index in [1.807, 2.05) is 13.0 Å². The molecule has 0 unspecified atom stereocenters. The first-order chi connectivity index (χ1) is 13.5. The van der Waals surface area contributed by atoms with Gasteiger partial charge in [-0.15, -0.1) is 0 Å². The van der Waals surface area contributed by atoms with Gasteiger partial charge in [-0.1, -0.05) is 18.2 Å². The third-order valence-corrected chi connectivity index (χ3v) is 4.45. The third kappa shape index (κ3) is 4.21. The van der Waals surface area contributed by atoms with Crippen LogP contribution in [0, 0.1) is 0 Å². The average molecular weight is 382 g/mol. The molecule has 146 valence electrons. The molecule has 0 saturated heterocycles. The maximum Gasteiger partial charge on any atom is 0.248 e. The van der Waals surface area contributed by atoms with Gasteiger partial charge in [0, 0.05) is 35.7 Å². The lowest BCUT2D eigenvalue weighted by atomic mass is 10.0. The molecule has 0 radical (unpaired) electrons. The van der Waals surface area contributed by atoms with Gasteiger partial charge in [0.25, 0.3) is 0 Å². The summed E-state index contributed by atoms with van der Waals surface area (Å²) in [5.74, 6) is 0.579. The van der Waals surface area contributed by atoms with Gasteiger partial charge in [-0.2, -0.15) is 0 Å². The second-order valence-corrected chi connectivity index (χ2v) is 6.35. The number of carbonyl (C=O) groups excluding carboxylic acids is 1. The monoisotopic (exact) mass is 382 g/mol. The second-order valence-electron chi connectivity index (χ2n) is 6.35. The summed E-state index contributed by atoms with van der Waals surface area (Å²) in [6.45, 7) is 3.04. The first-order valence-electron chi connectivity index (χ1n) is 8.98. The van der Waals surface area contributed by atoms with Crippen LogP contribution in [-0.4, -0.2) is 34.6 Å². The Labute approximate surface area is 161 Å². The Morgan fingerprint density at radius 3 is 2.79 bits per heavy atom. The van der Waals surface area contributed by atoms with E-state index >= 15 is 0 Å². The van der Waals surface area contributed by atoms with Gasteiger partial charge >= 0.3 is 0 Å². The summed E-state index contributed by atoms with van der Waals surface area (Å²) in [5.41, 5.74) is 1.98. The topological polar surface area (TPSA) is 112 Å². The molecule has 3 aromatic rings. The minimum absolute atomic E-state index is 0.0479. The number of phenols is 1. The lowest BCUT2D eigenvalue weighted by molar-refractivity contribution is 0.112. The number of phenolic OH excluding ortho intramolecular Hbond substituents is 1. The zero-order valence-corrected chi connectivity index (χ0v) is 15.4. The lowest BCUT2D eigenvalue weighted by Crippen LogP contribution is -2.22. The van der Waals surface area contributed by atoms with E-state index in [1.54, 1.807) is 24.3 Å². The number of hydrogen-bond donors (Lipinski definition) is 4. The van der Waals surface area contributed by atoms with Gasteiger partial charge in [0.1, 0.15) is 17.8 Å². The smallest absolute Gasteiger partial charge is 0.248 e. The van der Waals surface area contributed by atoms with Crippen molar-refractivity contribution in [3.63, 3.8) is 0 Å². The Balaban J connectivity index is 1.74. The van der Waals surface area contributed by atoms with Crippen LogP contribution in [0.3, 0.4) is 0 Å². The number of aliphatic hydroxyl groups is 1. The van der Waals surface area contributed by atoms with Crippen LogP contribution >= 0.6 is 0 Å². The number of H-pyrrole nitrogens is 1. The van der Waals surface area contributed by atoms with Crippen molar-refractivity contribution in [2.75, 3.05) is 13.2 Å². The summed E-state index contributed by atoms with van der Waals surface area (Å²) in [4.78, 5) is 25.0. The average Bonchev–Trinajstić information content (AvgIpc) is 2.69. The highest BCUT2D eigenvalue weighted by Crippen LogP contribution is 2.28. The molecule has 7 heteroatoms. The van der Waals surface area contributed by atoms with Gasteiger partial charge in [-0.25, -0.2) is 0 Å². The molecule has 1 heterocycles. The predicted octanol–water partition coefficient (Wildman–Crippen LogP) is 2.27. The fraction of sp³-hybridized carbons (Fsp3) is 0.238. The van der Waals surface area contributed by atoms with Crippen LogP contribution in [-0.2, 0) is 6.54 Å². The minimum Gasteiger partial charge on any atom is -0.506 e. The molecule has 0 amide bonds. The predicted molar refractivity (Wildman–Crippen MR) is 106 cm³/mol. The molecular formula is C21H22N2O5. The number of ether oxygens (including phenoxy) is 1. The number of pyridine rings is 1. The van der Waals surface area contributed by atoms with Crippen molar-refractivity contribution in [3.8, 4) is 11.5 Å². The summed E-state index contributed by atoms with van der Waals surface area (Å²) >= 11 is 0. The summed E-state index contributed by atoms with van der Waals surface area (Å²) < 4.78 is 5.58. The van der Waals surface area contributed by atoms with Crippen molar-refractivity contribution in [2.24, 2.45) is 0 Å². The SMILES string of the molecule is CCOc1cc(C=O)ccc1CNC[C@H](O)c1ccc(O)c2[nH]c(=O)ccc12. The van der Waals surface area contributed by atoms with Crippen LogP contribution < -0.4 is 15.6 Å². The molecule has 0 spiro atoms. The molecular weight excluding hydrogens is 360 g/mol. The zero-order valence-electron chi connectivity index (χ0n) is 15.4. The van der Waals surface area contributed by atoms with Crippen molar-refractivity contribution in [1.29, 1.82) is 0 Å². The van der Waals surface area contributed by atoms with Crippen LogP contribution in [0.2, 0.25) is 0 Å². The van der Waals surface area contributed by atoms with Gasteiger partial charge in [0.05, 0.1) is 18.2 Å². The molecule has 0 bridgehead atoms. The fourth-order valence-electron chi connectivity index (χ4n) is 3.08. The minimum atomic E-state index is -0.848. The molecule has 1 atom stereocenters. The van der Waals surface area contributed by atoms with E-state index in [4.69, 9.17) is 4.74 Å². The number of fused-ring (bicyclic) bond motifs is 1. The molecule has 0 aliphatic carbocycles. The number of aromatic nitrogens is 1. The largest absolute Gasteiger partial charge is 0.506 e. The highest BCUT2D eigenvalue weighted by atomic mass is 16.5. The number of nitrogens with one attached hydrogen (secondary N) is 2. The number of hydrogen-bond acceptors (Lipinski definition) is 6. The van der Waals surface area contributed by atoms with Gasteiger partial charge in [-0.05, 0) is 30.7 Å². The number of aliphatic hydroxyl groups excluding tert-OH is 1. The van der Waals surface area contributed by atoms with Crippen LogP contribution in [0.5, 0.6) is 11.5 Å². The van der Waals surface area contributed by atoms with Crippen molar-refractivity contribution >= 4 is 17.2 Å². The van der Waals surface area contributed by atoms with Crippen molar-refractivity contribution in [3.05, 3.63) is 69.5 Å². The summed E-state index contributed by atoms with van der Waals surface area (Å²) in [6.07, 6.45) is -0.0807. The molecule has 0 aliphatic heterocycles. The Hall–Kier alpha value is -3.16. The first kappa shape index (κ1) is 19.6. The first-order valence-corrected chi connectivity index (χ1v) is 8.98. The Morgan fingerprint density at radius 1 is 1.21 bits per heavy atom. The van der Waals surface area contributed by atoms with Gasteiger partial charge in [0.15, 0.2) is 0 Å². The van der Waals surface area contributed by atoms with Crippen molar-refractivity contribution in [1.82, 2.24) is 10.3 Å². The second kappa shape index (κ2) is 8.69. The molecule has 0 fully saturated rings. The van der Waals surface area contributed by atoms with E-state index in [2.05, 4.69) is 10.3 Å². The molecule has 1 aromatic heterocycles. The van der Waals surface area contributed by atoms with Gasteiger partial charge in [-0.3, -0.25) is 9.59 Å². The molecule has 28 heavy (non-hydrogen) atoms. The van der Waals surface area contributed by atoms with Crippen LogP contribution in [0.25, 0.3) is 10.9 Å². The highest BCUT2D eigenvalue weighted by molar-refractivity contribution is 5.87. The number of rotatable bonds is 8. The Bertz CT molecular complexity index is 1040. The van der Waals surface area contributed by atoms with E-state index in [9.17, 15) is 19.8 Å². The Morgan fingerprint density at radius 2 is 2.04 bits per heavy atom. The van der Waals surface area contributed by atoms with E-state index in [0.29, 0.717) is 40.9 Å². The molecule has 0 aliphatic rings. The summed E-state index contributed by atoms with van der Waals surface area (Å²) in [6, 6.07) is 11.2. The highest BCUT2D eigenvalue weighted by Gasteiger charge is 2.14. The fourth-order valence-corrected chi connectivity index (χ4v) is 3.08. The van der Waals surface area contributed by atoms with Gasteiger partial charge < -0.3 is 25.3 Å². The number of aromatic hydroxyl groups is 1. The Kier molecular flexibility index (Phi) is 6.08. The molecule has 7 nitrogen and oxygen atoms in total. The number of aldehydes is 1. The van der Waals surface area contributed by atoms with Crippen molar-refractivity contribution < 1.29 is 19.7 Å². The van der Waals surface area contributed by atoms with E-state index in [-0.39, 0.29) is 17.9 Å². The van der Waals surface area contributed by atoms with E-state index in [0.717, 1.165) is 11.8 Å². The number of aromatic amines is 1. The van der Waals surface area contributed by atoms with Crippen LogP contribution in [0.15, 0.2) is 47.3 Å². The zero-order chi connectivity index (χ0) is 20.1. The number of benzene rings is 2. The third-order valence-electron chi connectivity index (χ3n) is 4.45. The van der Waals surface area contributed by atoms with Gasteiger partial charge in [0.2, 0.25) is 5.56 Å². The molecule has 3 rings (SSSR count). The maximum atomic E-state index is 11.5. The normalized spacial score (nSPS) is 12.1. The standard InChI is InChI=1S/C21H22N2O5/c1-2-28-19-9-13(12-24)3-4-14(19)10-22-11-18(26)15-5-7-17(25)21-16(15)6-8-20(27)23-21/h3-9,12,18,22,25-26H,2,10-11H2,1H3,(H,23,27)/t18-/m0/s1. The van der Waals surface area contributed by atoms with E-state index in [1.165, 1.54) is 12.1 Å². The van der Waals surface area contributed by atoms with Crippen LogP contribution in [0.1, 0.15) is 34.5 Å². The molecule has 0 saturated carbocycles. The lowest BCUT2D eigenvalue weighted by Gasteiger charge is -2.16. The molecule has 2 aromatic carbocycles. The molecule has 4 N–H and O–H groups in total. The summed E-state index contributed by atoms with van der Waals surface area (Å²) in [5, 5.41) is 24.3. The van der Waals surface area contributed by atoms with Crippen molar-refractivity contribution in [2.45, 2.75) is 19.6 Å². The van der Waals surface area contributed by atoms with Crippen LogP contribution in [0.4, 0.5) is 0 Å². The summed E-state index contributed by atoms with van der Waals surface area (Å²) in [7, 11) is 0. The number of carbonyl (C=O) groups is 1. The van der Waals surface area contributed by atoms with E-state index < -0.39 is 6.10 Å². The quantitative estimate of drug-likeness (QED) is 0.445.